The lowest BCUT2D eigenvalue weighted by Crippen LogP contribution is -2.22. The normalized spacial score (nSPS) is 15.6. The molecule has 7 heteroatoms. The second-order valence-electron chi connectivity index (χ2n) is 5.83. The van der Waals surface area contributed by atoms with E-state index >= 15 is 0 Å². The molecule has 0 unspecified atom stereocenters. The van der Waals surface area contributed by atoms with Crippen LogP contribution >= 0.6 is 11.6 Å². The molecule has 0 fully saturated rings. The van der Waals surface area contributed by atoms with Gasteiger partial charge in [0.25, 0.3) is 5.91 Å². The highest BCUT2D eigenvalue weighted by Crippen LogP contribution is 2.31. The van der Waals surface area contributed by atoms with Crippen molar-refractivity contribution in [2.75, 3.05) is 7.11 Å². The van der Waals surface area contributed by atoms with Crippen LogP contribution in [-0.2, 0) is 4.74 Å². The summed E-state index contributed by atoms with van der Waals surface area (Å²) in [6.45, 7) is 0. The Kier molecular flexibility index (Phi) is 3.77. The molecule has 2 heterocycles. The number of halogens is 1. The highest BCUT2D eigenvalue weighted by molar-refractivity contribution is 6.31. The van der Waals surface area contributed by atoms with Crippen LogP contribution in [-0.4, -0.2) is 19.0 Å². The predicted octanol–water partition coefficient (Wildman–Crippen LogP) is 3.07. The zero-order valence-electron chi connectivity index (χ0n) is 13.5. The Morgan fingerprint density at radius 1 is 1.15 bits per heavy atom. The first-order valence-electron chi connectivity index (χ1n) is 7.75. The molecule has 0 radical (unpaired) electrons. The van der Waals surface area contributed by atoms with Crippen LogP contribution < -0.4 is 10.7 Å². The van der Waals surface area contributed by atoms with E-state index in [1.165, 1.54) is 13.2 Å². The van der Waals surface area contributed by atoms with Crippen molar-refractivity contribution in [1.29, 1.82) is 0 Å². The van der Waals surface area contributed by atoms with Gasteiger partial charge < -0.3 is 14.5 Å². The van der Waals surface area contributed by atoms with E-state index in [9.17, 15) is 14.4 Å². The number of benzene rings is 2. The first-order chi connectivity index (χ1) is 12.5. The molecule has 0 bridgehead atoms. The van der Waals surface area contributed by atoms with Crippen LogP contribution in [0, 0.1) is 0 Å². The number of carbonyl (C=O) groups is 2. The summed E-state index contributed by atoms with van der Waals surface area (Å²) in [7, 11) is 1.30. The second-order valence-corrected chi connectivity index (χ2v) is 6.27. The van der Waals surface area contributed by atoms with E-state index in [0.717, 1.165) is 0 Å². The molecule has 4 rings (SSSR count). The number of hydrogen-bond donors (Lipinski definition) is 1. The monoisotopic (exact) mass is 369 g/mol. The van der Waals surface area contributed by atoms with Gasteiger partial charge in [-0.3, -0.25) is 9.59 Å². The fourth-order valence-corrected chi connectivity index (χ4v) is 3.23. The predicted molar refractivity (Wildman–Crippen MR) is 94.6 cm³/mol. The molecule has 1 amide bonds. The zero-order valence-corrected chi connectivity index (χ0v) is 14.3. The summed E-state index contributed by atoms with van der Waals surface area (Å²) in [5, 5.41) is 3.46. The number of carbonyl (C=O) groups excluding carboxylic acids is 2. The number of ether oxygens (including phenoxy) is 1. The fraction of sp³-hybridized carbons (Fsp3) is 0.105. The third kappa shape index (κ3) is 2.46. The molecule has 1 aliphatic heterocycles. The highest BCUT2D eigenvalue weighted by atomic mass is 35.5. The number of methoxy groups -OCH3 is 1. The summed E-state index contributed by atoms with van der Waals surface area (Å²) in [6.07, 6.45) is 0. The number of nitrogens with one attached hydrogen (secondary N) is 1. The number of hydrogen-bond acceptors (Lipinski definition) is 5. The topological polar surface area (TPSA) is 85.6 Å². The van der Waals surface area contributed by atoms with Gasteiger partial charge in [0.15, 0.2) is 5.43 Å². The Balaban J connectivity index is 1.86. The summed E-state index contributed by atoms with van der Waals surface area (Å²) < 4.78 is 10.3. The highest BCUT2D eigenvalue weighted by Gasteiger charge is 2.35. The Morgan fingerprint density at radius 3 is 2.58 bits per heavy atom. The Bertz CT molecular complexity index is 1120. The third-order valence-electron chi connectivity index (χ3n) is 4.32. The molecule has 130 valence electrons. The Hall–Kier alpha value is -3.12. The number of fused-ring (bicyclic) bond motifs is 2. The van der Waals surface area contributed by atoms with Crippen LogP contribution in [0.2, 0.25) is 5.02 Å². The van der Waals surface area contributed by atoms with E-state index in [1.54, 1.807) is 36.4 Å². The molecule has 26 heavy (non-hydrogen) atoms. The largest absolute Gasteiger partial charge is 0.465 e. The zero-order chi connectivity index (χ0) is 18.4. The van der Waals surface area contributed by atoms with Crippen LogP contribution in [0.4, 0.5) is 0 Å². The van der Waals surface area contributed by atoms with Crippen LogP contribution in [0.3, 0.4) is 0 Å². The number of rotatable bonds is 2. The molecule has 0 spiro atoms. The van der Waals surface area contributed by atoms with Crippen LogP contribution in [0.1, 0.15) is 38.1 Å². The lowest BCUT2D eigenvalue weighted by Gasteiger charge is -2.12. The molecule has 0 saturated carbocycles. The Labute approximate surface area is 152 Å². The fourth-order valence-electron chi connectivity index (χ4n) is 3.06. The van der Waals surface area contributed by atoms with E-state index < -0.39 is 17.9 Å². The molecular weight excluding hydrogens is 358 g/mol. The molecule has 1 atom stereocenters. The second kappa shape index (κ2) is 6.00. The number of amides is 1. The minimum Gasteiger partial charge on any atom is -0.465 e. The maximum atomic E-state index is 12.9. The van der Waals surface area contributed by atoms with Crippen molar-refractivity contribution in [3.63, 3.8) is 0 Å². The van der Waals surface area contributed by atoms with Crippen molar-refractivity contribution in [2.45, 2.75) is 6.04 Å². The van der Waals surface area contributed by atoms with E-state index in [4.69, 9.17) is 16.0 Å². The van der Waals surface area contributed by atoms with Gasteiger partial charge in [-0.15, -0.1) is 0 Å². The molecular formula is C19H12ClNO5. The van der Waals surface area contributed by atoms with Crippen molar-refractivity contribution in [2.24, 2.45) is 0 Å². The van der Waals surface area contributed by atoms with Gasteiger partial charge in [-0.2, -0.15) is 0 Å². The minimum atomic E-state index is -0.663. The van der Waals surface area contributed by atoms with Crippen molar-refractivity contribution < 1.29 is 18.7 Å². The maximum absolute atomic E-state index is 12.9. The summed E-state index contributed by atoms with van der Waals surface area (Å²) in [5.74, 6) is -0.935. The first-order valence-corrected chi connectivity index (χ1v) is 8.13. The van der Waals surface area contributed by atoms with E-state index in [-0.39, 0.29) is 16.8 Å². The van der Waals surface area contributed by atoms with Gasteiger partial charge in [0.05, 0.1) is 29.7 Å². The van der Waals surface area contributed by atoms with Gasteiger partial charge >= 0.3 is 5.97 Å². The average molecular weight is 370 g/mol. The quantitative estimate of drug-likeness (QED) is 0.702. The summed E-state index contributed by atoms with van der Waals surface area (Å²) in [6, 6.07) is 10.5. The van der Waals surface area contributed by atoms with Gasteiger partial charge in [-0.1, -0.05) is 23.7 Å². The van der Waals surface area contributed by atoms with Crippen molar-refractivity contribution in [3.05, 3.63) is 80.2 Å². The summed E-state index contributed by atoms with van der Waals surface area (Å²) in [4.78, 5) is 36.8. The first kappa shape index (κ1) is 16.4. The van der Waals surface area contributed by atoms with Crippen LogP contribution in [0.5, 0.6) is 0 Å². The Morgan fingerprint density at radius 2 is 1.88 bits per heavy atom. The van der Waals surface area contributed by atoms with E-state index in [2.05, 4.69) is 10.1 Å². The standard InChI is InChI=1S/C19H12ClNO5/c1-25-19(24)10-4-2-9(3-5-10)15-14-16(22)12-8-11(20)6-7-13(12)26-17(14)18(23)21-15/h2-8,15H,1H3,(H,21,23)/t15-/m0/s1. The van der Waals surface area contributed by atoms with Gasteiger partial charge in [0.1, 0.15) is 5.58 Å². The summed E-state index contributed by atoms with van der Waals surface area (Å²) >= 11 is 5.98. The smallest absolute Gasteiger partial charge is 0.337 e. The minimum absolute atomic E-state index is 0.00753. The molecule has 1 aliphatic rings. The third-order valence-corrected chi connectivity index (χ3v) is 4.56. The van der Waals surface area contributed by atoms with E-state index in [0.29, 0.717) is 27.1 Å². The molecule has 2 aromatic carbocycles. The van der Waals surface area contributed by atoms with Gasteiger partial charge in [-0.05, 0) is 35.9 Å². The lowest BCUT2D eigenvalue weighted by atomic mass is 9.98. The van der Waals surface area contributed by atoms with Crippen LogP contribution in [0.25, 0.3) is 11.0 Å². The SMILES string of the molecule is COC(=O)c1ccc([C@@H]2NC(=O)c3oc4ccc(Cl)cc4c(=O)c32)cc1. The van der Waals surface area contributed by atoms with Crippen molar-refractivity contribution in [1.82, 2.24) is 5.32 Å². The maximum Gasteiger partial charge on any atom is 0.337 e. The molecule has 6 nitrogen and oxygen atoms in total. The lowest BCUT2D eigenvalue weighted by molar-refractivity contribution is 0.0600. The van der Waals surface area contributed by atoms with Crippen molar-refractivity contribution >= 4 is 34.4 Å². The molecule has 0 aliphatic carbocycles. The average Bonchev–Trinajstić information content (AvgIpc) is 2.99. The number of esters is 1. The van der Waals surface area contributed by atoms with E-state index in [1.807, 2.05) is 0 Å². The van der Waals surface area contributed by atoms with Crippen molar-refractivity contribution in [3.8, 4) is 0 Å². The molecule has 3 aromatic rings. The van der Waals surface area contributed by atoms with Crippen LogP contribution in [0.15, 0.2) is 51.7 Å². The van der Waals surface area contributed by atoms with Gasteiger partial charge in [0.2, 0.25) is 5.76 Å². The van der Waals surface area contributed by atoms with Gasteiger partial charge in [-0.25, -0.2) is 4.79 Å². The molecule has 1 N–H and O–H groups in total. The molecule has 0 saturated heterocycles. The summed E-state index contributed by atoms with van der Waals surface area (Å²) in [5.41, 5.74) is 1.24. The molecule has 1 aromatic heterocycles. The van der Waals surface area contributed by atoms with Gasteiger partial charge in [0, 0.05) is 5.02 Å².